The molecular weight excluding hydrogens is 322 g/mol. The zero-order valence-corrected chi connectivity index (χ0v) is 14.6. The van der Waals surface area contributed by atoms with Crippen molar-refractivity contribution in [2.24, 2.45) is 5.92 Å². The second kappa shape index (κ2) is 6.67. The zero-order chi connectivity index (χ0) is 17.4. The van der Waals surface area contributed by atoms with E-state index in [1.807, 2.05) is 0 Å². The van der Waals surface area contributed by atoms with Gasteiger partial charge in [-0.05, 0) is 68.6 Å². The van der Waals surface area contributed by atoms with E-state index in [-0.39, 0.29) is 5.54 Å². The lowest BCUT2D eigenvalue weighted by molar-refractivity contribution is -0.132. The van der Waals surface area contributed by atoms with Gasteiger partial charge in [-0.2, -0.15) is 0 Å². The van der Waals surface area contributed by atoms with E-state index in [0.717, 1.165) is 50.1 Å². The average Bonchev–Trinajstić information content (AvgIpc) is 3.39. The highest BCUT2D eigenvalue weighted by Crippen LogP contribution is 2.44. The van der Waals surface area contributed by atoms with Crippen molar-refractivity contribution in [1.29, 1.82) is 0 Å². The highest BCUT2D eigenvalue weighted by atomic mass is 19.2. The Morgan fingerprint density at radius 2 is 1.84 bits per heavy atom. The Hall–Kier alpha value is -1.49. The van der Waals surface area contributed by atoms with Crippen molar-refractivity contribution in [3.8, 4) is 0 Å². The summed E-state index contributed by atoms with van der Waals surface area (Å²) in [5.41, 5.74) is 0.866. The molecule has 1 aliphatic heterocycles. The van der Waals surface area contributed by atoms with Gasteiger partial charge in [0.2, 0.25) is 5.91 Å². The molecule has 25 heavy (non-hydrogen) atoms. The smallest absolute Gasteiger partial charge is 0.223 e. The molecule has 4 rings (SSSR count). The topological polar surface area (TPSA) is 32.3 Å². The monoisotopic (exact) mass is 348 g/mol. The van der Waals surface area contributed by atoms with E-state index in [0.29, 0.717) is 24.9 Å². The minimum Gasteiger partial charge on any atom is -0.337 e. The van der Waals surface area contributed by atoms with Gasteiger partial charge in [0.25, 0.3) is 0 Å². The summed E-state index contributed by atoms with van der Waals surface area (Å²) in [4.78, 5) is 14.5. The van der Waals surface area contributed by atoms with Crippen LogP contribution in [-0.2, 0) is 11.3 Å². The SMILES string of the molecule is O=C1CCC2(CCC(NCc3ccc(F)c(F)c3)CC2)N1CC1CC1. The van der Waals surface area contributed by atoms with Gasteiger partial charge < -0.3 is 10.2 Å². The fourth-order valence-corrected chi connectivity index (χ4v) is 4.52. The van der Waals surface area contributed by atoms with Gasteiger partial charge in [-0.25, -0.2) is 8.78 Å². The summed E-state index contributed by atoms with van der Waals surface area (Å²) in [7, 11) is 0. The van der Waals surface area contributed by atoms with Crippen LogP contribution in [-0.4, -0.2) is 28.9 Å². The molecule has 0 unspecified atom stereocenters. The van der Waals surface area contributed by atoms with E-state index < -0.39 is 11.6 Å². The van der Waals surface area contributed by atoms with Gasteiger partial charge in [0.1, 0.15) is 0 Å². The second-order valence-corrected chi connectivity index (χ2v) is 8.08. The van der Waals surface area contributed by atoms with E-state index in [1.54, 1.807) is 6.07 Å². The molecule has 3 aliphatic rings. The van der Waals surface area contributed by atoms with Crippen LogP contribution in [0.1, 0.15) is 56.9 Å². The average molecular weight is 348 g/mol. The molecule has 1 saturated heterocycles. The van der Waals surface area contributed by atoms with E-state index in [2.05, 4.69) is 10.2 Å². The van der Waals surface area contributed by atoms with Crippen LogP contribution in [0.25, 0.3) is 0 Å². The van der Waals surface area contributed by atoms with Crippen molar-refractivity contribution in [1.82, 2.24) is 10.2 Å². The van der Waals surface area contributed by atoms with Crippen LogP contribution in [0.5, 0.6) is 0 Å². The van der Waals surface area contributed by atoms with Crippen LogP contribution < -0.4 is 5.32 Å². The van der Waals surface area contributed by atoms with Gasteiger partial charge in [0.05, 0.1) is 0 Å². The largest absolute Gasteiger partial charge is 0.337 e. The lowest BCUT2D eigenvalue weighted by atomic mass is 9.77. The lowest BCUT2D eigenvalue weighted by Crippen LogP contribution is -2.51. The quantitative estimate of drug-likeness (QED) is 0.878. The van der Waals surface area contributed by atoms with Crippen LogP contribution >= 0.6 is 0 Å². The first-order valence-corrected chi connectivity index (χ1v) is 9.53. The van der Waals surface area contributed by atoms with Crippen LogP contribution in [0.15, 0.2) is 18.2 Å². The molecule has 136 valence electrons. The molecular formula is C20H26F2N2O. The molecule has 0 aromatic heterocycles. The van der Waals surface area contributed by atoms with Crippen molar-refractivity contribution < 1.29 is 13.6 Å². The summed E-state index contributed by atoms with van der Waals surface area (Å²) in [6.07, 6.45) is 8.46. The highest BCUT2D eigenvalue weighted by molar-refractivity contribution is 5.79. The summed E-state index contributed by atoms with van der Waals surface area (Å²) in [6.45, 7) is 1.52. The summed E-state index contributed by atoms with van der Waals surface area (Å²) < 4.78 is 26.3. The van der Waals surface area contributed by atoms with Crippen LogP contribution in [0.3, 0.4) is 0 Å². The third-order valence-corrected chi connectivity index (χ3v) is 6.31. The third-order valence-electron chi connectivity index (χ3n) is 6.31. The molecule has 3 fully saturated rings. The number of hydrogen-bond donors (Lipinski definition) is 1. The standard InChI is InChI=1S/C20H26F2N2O/c21-17-4-3-15(11-18(17)22)12-23-16-5-8-20(9-6-16)10-7-19(25)24(20)13-14-1-2-14/h3-4,11,14,16,23H,1-2,5-10,12-13H2. The maximum atomic E-state index is 13.3. The van der Waals surface area contributed by atoms with E-state index >= 15 is 0 Å². The Kier molecular flexibility index (Phi) is 4.52. The molecule has 5 heteroatoms. The molecule has 0 radical (unpaired) electrons. The Morgan fingerprint density at radius 3 is 2.52 bits per heavy atom. The molecule has 1 aromatic rings. The van der Waals surface area contributed by atoms with Crippen molar-refractivity contribution in [2.75, 3.05) is 6.54 Å². The van der Waals surface area contributed by atoms with Gasteiger partial charge in [-0.3, -0.25) is 4.79 Å². The molecule has 1 aromatic carbocycles. The number of halogens is 2. The number of benzene rings is 1. The third kappa shape index (κ3) is 3.57. The molecule has 2 aliphatic carbocycles. The Bertz CT molecular complexity index is 651. The van der Waals surface area contributed by atoms with Crippen LogP contribution in [0.2, 0.25) is 0 Å². The fraction of sp³-hybridized carbons (Fsp3) is 0.650. The molecule has 1 N–H and O–H groups in total. The summed E-state index contributed by atoms with van der Waals surface area (Å²) in [5.74, 6) is -0.504. The first kappa shape index (κ1) is 17.0. The Balaban J connectivity index is 1.31. The minimum absolute atomic E-state index is 0.0971. The number of likely N-dealkylation sites (tertiary alicyclic amines) is 1. The van der Waals surface area contributed by atoms with E-state index in [4.69, 9.17) is 0 Å². The number of carbonyl (C=O) groups excluding carboxylic acids is 1. The van der Waals surface area contributed by atoms with Crippen molar-refractivity contribution in [2.45, 2.75) is 69.5 Å². The maximum absolute atomic E-state index is 13.3. The van der Waals surface area contributed by atoms with Crippen LogP contribution in [0.4, 0.5) is 8.78 Å². The summed E-state index contributed by atoms with van der Waals surface area (Å²) >= 11 is 0. The molecule has 2 saturated carbocycles. The molecule has 0 atom stereocenters. The molecule has 1 heterocycles. The zero-order valence-electron chi connectivity index (χ0n) is 14.6. The number of amides is 1. The number of nitrogens with zero attached hydrogens (tertiary/aromatic N) is 1. The van der Waals surface area contributed by atoms with Crippen molar-refractivity contribution >= 4 is 5.91 Å². The van der Waals surface area contributed by atoms with Crippen molar-refractivity contribution in [3.05, 3.63) is 35.4 Å². The van der Waals surface area contributed by atoms with Gasteiger partial charge in [-0.1, -0.05) is 6.07 Å². The van der Waals surface area contributed by atoms with Gasteiger partial charge in [-0.15, -0.1) is 0 Å². The Labute approximate surface area is 147 Å². The molecule has 1 spiro atoms. The predicted molar refractivity (Wildman–Crippen MR) is 91.9 cm³/mol. The fourth-order valence-electron chi connectivity index (χ4n) is 4.52. The summed E-state index contributed by atoms with van der Waals surface area (Å²) in [6, 6.07) is 4.46. The van der Waals surface area contributed by atoms with E-state index in [9.17, 15) is 13.6 Å². The second-order valence-electron chi connectivity index (χ2n) is 8.08. The number of hydrogen-bond acceptors (Lipinski definition) is 2. The molecule has 1 amide bonds. The first-order valence-electron chi connectivity index (χ1n) is 9.53. The molecule has 0 bridgehead atoms. The molecule has 3 nitrogen and oxygen atoms in total. The van der Waals surface area contributed by atoms with Crippen molar-refractivity contribution in [3.63, 3.8) is 0 Å². The minimum atomic E-state index is -0.801. The normalized spacial score (nSPS) is 29.6. The first-order chi connectivity index (χ1) is 12.1. The number of rotatable bonds is 5. The maximum Gasteiger partial charge on any atom is 0.223 e. The Morgan fingerprint density at radius 1 is 1.08 bits per heavy atom. The van der Waals surface area contributed by atoms with Gasteiger partial charge >= 0.3 is 0 Å². The van der Waals surface area contributed by atoms with Gasteiger partial charge in [0, 0.05) is 31.1 Å². The van der Waals surface area contributed by atoms with E-state index in [1.165, 1.54) is 25.0 Å². The lowest BCUT2D eigenvalue weighted by Gasteiger charge is -2.44. The highest BCUT2D eigenvalue weighted by Gasteiger charge is 2.48. The van der Waals surface area contributed by atoms with Crippen LogP contribution in [0, 0.1) is 17.6 Å². The number of carbonyl (C=O) groups is 1. The predicted octanol–water partition coefficient (Wildman–Crippen LogP) is 3.77. The summed E-state index contributed by atoms with van der Waals surface area (Å²) in [5, 5.41) is 3.48. The number of nitrogens with one attached hydrogen (secondary N) is 1. The van der Waals surface area contributed by atoms with Gasteiger partial charge in [0.15, 0.2) is 11.6 Å².